The molecule has 2 aliphatic heterocycles. The zero-order valence-electron chi connectivity index (χ0n) is 25.3. The molecule has 1 amide bonds. The SMILES string of the molecule is CC(C=C(C#N)C(=O)N1CCC[C@@H](n2nc(-c3ccc(Oc4ccccc4)cc3F)c3c(N)ncnc32)C1)CN(C)C1COC1. The van der Waals surface area contributed by atoms with E-state index >= 15 is 4.39 Å². The van der Waals surface area contributed by atoms with Crippen molar-refractivity contribution in [3.63, 3.8) is 0 Å². The van der Waals surface area contributed by atoms with E-state index in [2.05, 4.69) is 20.9 Å². The van der Waals surface area contributed by atoms with Crippen LogP contribution in [0.25, 0.3) is 22.3 Å². The number of nitrogens with two attached hydrogens (primary N) is 1. The van der Waals surface area contributed by atoms with Crippen molar-refractivity contribution >= 4 is 22.8 Å². The lowest BCUT2D eigenvalue weighted by Gasteiger charge is -2.35. The number of nitrogens with zero attached hydrogens (tertiary/aromatic N) is 7. The maximum atomic E-state index is 15.6. The number of hydrogen-bond acceptors (Lipinski definition) is 9. The molecular formula is C33H35FN8O3. The molecule has 4 heterocycles. The number of anilines is 1. The van der Waals surface area contributed by atoms with E-state index in [9.17, 15) is 10.1 Å². The third-order valence-corrected chi connectivity index (χ3v) is 8.34. The number of hydrogen-bond donors (Lipinski definition) is 1. The topological polar surface area (TPSA) is 135 Å². The Morgan fingerprint density at radius 2 is 2.04 bits per heavy atom. The summed E-state index contributed by atoms with van der Waals surface area (Å²) in [6, 6.07) is 15.9. The molecule has 0 bridgehead atoms. The minimum atomic E-state index is -0.535. The first-order chi connectivity index (χ1) is 21.8. The van der Waals surface area contributed by atoms with Gasteiger partial charge in [-0.3, -0.25) is 9.69 Å². The number of nitrogen functional groups attached to an aromatic ring is 1. The summed E-state index contributed by atoms with van der Waals surface area (Å²) in [6.07, 6.45) is 4.52. The summed E-state index contributed by atoms with van der Waals surface area (Å²) in [5, 5.41) is 15.1. The van der Waals surface area contributed by atoms with Gasteiger partial charge in [0.1, 0.15) is 46.8 Å². The van der Waals surface area contributed by atoms with Crippen LogP contribution in [0.15, 0.2) is 66.5 Å². The van der Waals surface area contributed by atoms with Gasteiger partial charge in [-0.25, -0.2) is 19.0 Å². The highest BCUT2D eigenvalue weighted by Gasteiger charge is 2.31. The van der Waals surface area contributed by atoms with E-state index in [4.69, 9.17) is 20.3 Å². The first-order valence-electron chi connectivity index (χ1n) is 15.0. The number of piperidine rings is 1. The molecule has 4 aromatic rings. The number of aromatic nitrogens is 4. The van der Waals surface area contributed by atoms with Crippen LogP contribution in [0.3, 0.4) is 0 Å². The van der Waals surface area contributed by atoms with E-state index in [1.165, 1.54) is 12.4 Å². The third-order valence-electron chi connectivity index (χ3n) is 8.34. The fraction of sp³-hybridized carbons (Fsp3) is 0.364. The molecule has 12 heteroatoms. The summed E-state index contributed by atoms with van der Waals surface area (Å²) in [5.74, 6) is 0.272. The summed E-state index contributed by atoms with van der Waals surface area (Å²) < 4.78 is 28.4. The Labute approximate surface area is 260 Å². The number of amides is 1. The van der Waals surface area contributed by atoms with Gasteiger partial charge in [0.15, 0.2) is 5.65 Å². The van der Waals surface area contributed by atoms with Gasteiger partial charge in [0.25, 0.3) is 5.91 Å². The monoisotopic (exact) mass is 610 g/mol. The average molecular weight is 611 g/mol. The van der Waals surface area contributed by atoms with Crippen molar-refractivity contribution in [2.24, 2.45) is 5.92 Å². The van der Waals surface area contributed by atoms with Crippen LogP contribution in [0.5, 0.6) is 11.5 Å². The van der Waals surface area contributed by atoms with Gasteiger partial charge < -0.3 is 20.1 Å². The Morgan fingerprint density at radius 1 is 1.24 bits per heavy atom. The Kier molecular flexibility index (Phi) is 8.73. The smallest absolute Gasteiger partial charge is 0.264 e. The van der Waals surface area contributed by atoms with Gasteiger partial charge in [0.2, 0.25) is 0 Å². The molecule has 2 N–H and O–H groups in total. The predicted octanol–water partition coefficient (Wildman–Crippen LogP) is 4.59. The maximum absolute atomic E-state index is 15.6. The van der Waals surface area contributed by atoms with Gasteiger partial charge in [-0.15, -0.1) is 0 Å². The highest BCUT2D eigenvalue weighted by atomic mass is 19.1. The highest BCUT2D eigenvalue weighted by molar-refractivity contribution is 5.99. The van der Waals surface area contributed by atoms with Crippen molar-refractivity contribution in [3.05, 3.63) is 72.3 Å². The molecule has 2 saturated heterocycles. The van der Waals surface area contributed by atoms with Crippen molar-refractivity contribution in [1.29, 1.82) is 5.26 Å². The Bertz CT molecular complexity index is 1770. The second-order valence-corrected chi connectivity index (χ2v) is 11.7. The molecule has 2 atom stereocenters. The number of carbonyl (C=O) groups excluding carboxylic acids is 1. The number of benzene rings is 2. The second kappa shape index (κ2) is 13.0. The first-order valence-corrected chi connectivity index (χ1v) is 15.0. The van der Waals surface area contributed by atoms with Crippen LogP contribution in [0, 0.1) is 23.1 Å². The van der Waals surface area contributed by atoms with Crippen molar-refractivity contribution in [3.8, 4) is 28.8 Å². The summed E-state index contributed by atoms with van der Waals surface area (Å²) in [5.41, 5.74) is 7.41. The van der Waals surface area contributed by atoms with E-state index in [1.54, 1.807) is 39.9 Å². The number of halogens is 1. The molecule has 2 fully saturated rings. The Hall–Kier alpha value is -4.86. The van der Waals surface area contributed by atoms with E-state index in [0.29, 0.717) is 80.0 Å². The molecule has 232 valence electrons. The molecule has 0 saturated carbocycles. The summed E-state index contributed by atoms with van der Waals surface area (Å²) in [4.78, 5) is 26.0. The van der Waals surface area contributed by atoms with Crippen LogP contribution in [-0.2, 0) is 9.53 Å². The molecule has 1 unspecified atom stereocenters. The fourth-order valence-electron chi connectivity index (χ4n) is 5.90. The number of carbonyl (C=O) groups is 1. The lowest BCUT2D eigenvalue weighted by atomic mass is 10.0. The van der Waals surface area contributed by atoms with E-state index < -0.39 is 5.82 Å². The molecule has 6 rings (SSSR count). The Balaban J connectivity index is 1.25. The van der Waals surface area contributed by atoms with Gasteiger partial charge >= 0.3 is 0 Å². The largest absolute Gasteiger partial charge is 0.457 e. The van der Waals surface area contributed by atoms with Crippen molar-refractivity contribution in [2.75, 3.05) is 45.6 Å². The molecule has 2 aliphatic rings. The minimum Gasteiger partial charge on any atom is -0.457 e. The third kappa shape index (κ3) is 6.36. The average Bonchev–Trinajstić information content (AvgIpc) is 3.40. The lowest BCUT2D eigenvalue weighted by Crippen LogP contribution is -2.48. The van der Waals surface area contributed by atoms with E-state index in [-0.39, 0.29) is 34.8 Å². The van der Waals surface area contributed by atoms with Gasteiger partial charge in [-0.05, 0) is 50.1 Å². The standard InChI is InChI=1S/C33H35FN8O3/c1-21(16-40(2)24-18-44-19-24)13-22(15-35)33(43)41-12-6-7-23(17-41)42-32-29(31(36)37-20-38-32)30(39-42)27-11-10-26(14-28(27)34)45-25-8-4-3-5-9-25/h3-5,8-11,13-14,20-21,23-24H,6-7,12,16-19H2,1-2H3,(H2,36,37,38)/t21?,23-/m1/s1. The second-order valence-electron chi connectivity index (χ2n) is 11.7. The maximum Gasteiger partial charge on any atom is 0.264 e. The lowest BCUT2D eigenvalue weighted by molar-refractivity contribution is -0.128. The van der Waals surface area contributed by atoms with Gasteiger partial charge in [-0.2, -0.15) is 10.4 Å². The molecular weight excluding hydrogens is 575 g/mol. The fourth-order valence-corrected chi connectivity index (χ4v) is 5.90. The highest BCUT2D eigenvalue weighted by Crippen LogP contribution is 2.36. The van der Waals surface area contributed by atoms with Crippen molar-refractivity contribution < 1.29 is 18.7 Å². The number of ether oxygens (including phenoxy) is 2. The number of likely N-dealkylation sites (N-methyl/N-ethyl adjacent to an activating group) is 1. The number of likely N-dealkylation sites (tertiary alicyclic amines) is 1. The van der Waals surface area contributed by atoms with Crippen LogP contribution < -0.4 is 10.5 Å². The zero-order chi connectivity index (χ0) is 31.5. The molecule has 11 nitrogen and oxygen atoms in total. The molecule has 0 aliphatic carbocycles. The molecule has 0 spiro atoms. The molecule has 45 heavy (non-hydrogen) atoms. The number of nitriles is 1. The van der Waals surface area contributed by atoms with Crippen LogP contribution >= 0.6 is 0 Å². The van der Waals surface area contributed by atoms with E-state index in [1.807, 2.05) is 32.2 Å². The zero-order valence-corrected chi connectivity index (χ0v) is 25.3. The van der Waals surface area contributed by atoms with Crippen LogP contribution in [0.1, 0.15) is 25.8 Å². The molecule has 2 aromatic heterocycles. The Morgan fingerprint density at radius 3 is 2.76 bits per heavy atom. The number of rotatable bonds is 9. The van der Waals surface area contributed by atoms with Crippen LogP contribution in [-0.4, -0.2) is 81.4 Å². The first kappa shape index (κ1) is 30.2. The summed E-state index contributed by atoms with van der Waals surface area (Å²) in [6.45, 7) is 4.95. The van der Waals surface area contributed by atoms with Gasteiger partial charge in [-0.1, -0.05) is 31.2 Å². The van der Waals surface area contributed by atoms with Gasteiger partial charge in [0.05, 0.1) is 30.7 Å². The van der Waals surface area contributed by atoms with Gasteiger partial charge in [0, 0.05) is 31.3 Å². The number of fused-ring (bicyclic) bond motifs is 1. The summed E-state index contributed by atoms with van der Waals surface area (Å²) in [7, 11) is 2.03. The van der Waals surface area contributed by atoms with E-state index in [0.717, 1.165) is 0 Å². The normalized spacial score (nSPS) is 18.1. The van der Waals surface area contributed by atoms with Crippen LogP contribution in [0.2, 0.25) is 0 Å². The quantitative estimate of drug-likeness (QED) is 0.213. The molecule has 2 aromatic carbocycles. The van der Waals surface area contributed by atoms with Crippen molar-refractivity contribution in [1.82, 2.24) is 29.5 Å². The minimum absolute atomic E-state index is 0.00598. The molecule has 0 radical (unpaired) electrons. The summed E-state index contributed by atoms with van der Waals surface area (Å²) >= 11 is 0. The predicted molar refractivity (Wildman–Crippen MR) is 167 cm³/mol. The van der Waals surface area contributed by atoms with Crippen LogP contribution in [0.4, 0.5) is 10.2 Å². The number of para-hydroxylation sites is 1. The van der Waals surface area contributed by atoms with Crippen molar-refractivity contribution in [2.45, 2.75) is 31.8 Å².